The number of halogens is 1. The van der Waals surface area contributed by atoms with Crippen LogP contribution in [0.2, 0.25) is 0 Å². The van der Waals surface area contributed by atoms with Gasteiger partial charge in [0, 0.05) is 17.6 Å². The van der Waals surface area contributed by atoms with E-state index in [1.807, 2.05) is 30.9 Å². The summed E-state index contributed by atoms with van der Waals surface area (Å²) in [6.07, 6.45) is 0. The van der Waals surface area contributed by atoms with E-state index < -0.39 is 5.97 Å². The molecule has 0 heterocycles. The molecule has 0 spiro atoms. The van der Waals surface area contributed by atoms with Crippen LogP contribution in [0.5, 0.6) is 0 Å². The highest BCUT2D eigenvalue weighted by Gasteiger charge is 2.14. The summed E-state index contributed by atoms with van der Waals surface area (Å²) in [4.78, 5) is 13.1. The van der Waals surface area contributed by atoms with E-state index in [-0.39, 0.29) is 0 Å². The molecule has 0 saturated heterocycles. The number of carbonyl (C=O) groups is 1. The van der Waals surface area contributed by atoms with Gasteiger partial charge in [-0.2, -0.15) is 0 Å². The van der Waals surface area contributed by atoms with Crippen molar-refractivity contribution in [1.29, 1.82) is 0 Å². The molecule has 1 aromatic rings. The number of rotatable bonds is 4. The maximum Gasteiger partial charge on any atom is 0.337 e. The molecular formula is C11H14BrNO2. The Balaban J connectivity index is 3.21. The van der Waals surface area contributed by atoms with E-state index >= 15 is 0 Å². The fourth-order valence-electron chi connectivity index (χ4n) is 1.52. The van der Waals surface area contributed by atoms with Crippen LogP contribution >= 0.6 is 15.9 Å². The summed E-state index contributed by atoms with van der Waals surface area (Å²) in [6.45, 7) is 5.63. The van der Waals surface area contributed by atoms with E-state index in [0.717, 1.165) is 23.2 Å². The second-order valence-corrected chi connectivity index (χ2v) is 4.05. The highest BCUT2D eigenvalue weighted by atomic mass is 79.9. The van der Waals surface area contributed by atoms with Crippen molar-refractivity contribution in [3.8, 4) is 0 Å². The van der Waals surface area contributed by atoms with Gasteiger partial charge < -0.3 is 10.0 Å². The first-order chi connectivity index (χ1) is 7.10. The minimum absolute atomic E-state index is 0.341. The van der Waals surface area contributed by atoms with Crippen molar-refractivity contribution in [2.24, 2.45) is 0 Å². The van der Waals surface area contributed by atoms with Gasteiger partial charge in [-0.3, -0.25) is 0 Å². The first-order valence-electron chi connectivity index (χ1n) is 4.88. The molecule has 0 bridgehead atoms. The zero-order chi connectivity index (χ0) is 11.4. The minimum Gasteiger partial charge on any atom is -0.478 e. The number of carboxylic acids is 1. The number of nitrogens with zero attached hydrogens (tertiary/aromatic N) is 1. The topological polar surface area (TPSA) is 40.5 Å². The molecule has 1 rings (SSSR count). The molecule has 0 radical (unpaired) electrons. The van der Waals surface area contributed by atoms with E-state index in [2.05, 4.69) is 15.9 Å². The summed E-state index contributed by atoms with van der Waals surface area (Å²) >= 11 is 3.28. The Bertz CT molecular complexity index is 362. The van der Waals surface area contributed by atoms with E-state index in [1.54, 1.807) is 6.07 Å². The van der Waals surface area contributed by atoms with Gasteiger partial charge in [-0.05, 0) is 32.0 Å². The van der Waals surface area contributed by atoms with Crippen molar-refractivity contribution in [2.45, 2.75) is 13.8 Å². The largest absolute Gasteiger partial charge is 0.478 e. The third-order valence-electron chi connectivity index (χ3n) is 2.29. The van der Waals surface area contributed by atoms with Crippen molar-refractivity contribution < 1.29 is 9.90 Å². The summed E-state index contributed by atoms with van der Waals surface area (Å²) < 4.78 is 0.788. The van der Waals surface area contributed by atoms with Gasteiger partial charge in [0.05, 0.1) is 11.3 Å². The van der Waals surface area contributed by atoms with Crippen molar-refractivity contribution in [3.05, 3.63) is 28.2 Å². The SMILES string of the molecule is CCN(CC)c1ccc(Br)cc1C(=O)O. The van der Waals surface area contributed by atoms with Crippen LogP contribution in [0.4, 0.5) is 5.69 Å². The Hall–Kier alpha value is -1.03. The van der Waals surface area contributed by atoms with Gasteiger partial charge in [-0.25, -0.2) is 4.79 Å². The molecular weight excluding hydrogens is 258 g/mol. The predicted octanol–water partition coefficient (Wildman–Crippen LogP) is 2.99. The standard InChI is InChI=1S/C11H14BrNO2/c1-3-13(4-2)10-6-5-8(12)7-9(10)11(14)15/h5-7H,3-4H2,1-2H3,(H,14,15). The summed E-state index contributed by atoms with van der Waals surface area (Å²) in [5.74, 6) is -0.891. The third kappa shape index (κ3) is 2.72. The minimum atomic E-state index is -0.891. The second kappa shape index (κ2) is 5.16. The highest BCUT2D eigenvalue weighted by Crippen LogP contribution is 2.24. The Morgan fingerprint density at radius 2 is 2.00 bits per heavy atom. The van der Waals surface area contributed by atoms with Crippen LogP contribution in [0.3, 0.4) is 0 Å². The fourth-order valence-corrected chi connectivity index (χ4v) is 1.88. The number of hydrogen-bond acceptors (Lipinski definition) is 2. The second-order valence-electron chi connectivity index (χ2n) is 3.14. The molecule has 1 aromatic carbocycles. The molecule has 0 aliphatic heterocycles. The lowest BCUT2D eigenvalue weighted by Crippen LogP contribution is -2.24. The maximum atomic E-state index is 11.1. The van der Waals surface area contributed by atoms with E-state index in [1.165, 1.54) is 0 Å². The molecule has 1 N–H and O–H groups in total. The van der Waals surface area contributed by atoms with Gasteiger partial charge in [0.2, 0.25) is 0 Å². The van der Waals surface area contributed by atoms with Crippen LogP contribution in [0, 0.1) is 0 Å². The van der Waals surface area contributed by atoms with E-state index in [9.17, 15) is 4.79 Å². The van der Waals surface area contributed by atoms with Crippen LogP contribution in [0.25, 0.3) is 0 Å². The summed E-state index contributed by atoms with van der Waals surface area (Å²) in [7, 11) is 0. The van der Waals surface area contributed by atoms with Gasteiger partial charge in [0.25, 0.3) is 0 Å². The Morgan fingerprint density at radius 3 is 2.47 bits per heavy atom. The predicted molar refractivity (Wildman–Crippen MR) is 64.7 cm³/mol. The van der Waals surface area contributed by atoms with Gasteiger partial charge in [0.1, 0.15) is 0 Å². The molecule has 0 amide bonds. The molecule has 82 valence electrons. The lowest BCUT2D eigenvalue weighted by Gasteiger charge is -2.22. The van der Waals surface area contributed by atoms with E-state index in [4.69, 9.17) is 5.11 Å². The van der Waals surface area contributed by atoms with Gasteiger partial charge in [-0.1, -0.05) is 15.9 Å². The van der Waals surface area contributed by atoms with Crippen LogP contribution < -0.4 is 4.90 Å². The molecule has 0 aliphatic carbocycles. The maximum absolute atomic E-state index is 11.1. The lowest BCUT2D eigenvalue weighted by atomic mass is 10.1. The molecule has 4 heteroatoms. The lowest BCUT2D eigenvalue weighted by molar-refractivity contribution is 0.0697. The monoisotopic (exact) mass is 271 g/mol. The smallest absolute Gasteiger partial charge is 0.337 e. The van der Waals surface area contributed by atoms with Gasteiger partial charge in [-0.15, -0.1) is 0 Å². The zero-order valence-electron chi connectivity index (χ0n) is 8.83. The van der Waals surface area contributed by atoms with Crippen molar-refractivity contribution >= 4 is 27.6 Å². The van der Waals surface area contributed by atoms with Crippen LogP contribution in [0.1, 0.15) is 24.2 Å². The van der Waals surface area contributed by atoms with Gasteiger partial charge in [0.15, 0.2) is 0 Å². The van der Waals surface area contributed by atoms with E-state index in [0.29, 0.717) is 5.56 Å². The first kappa shape index (κ1) is 12.0. The summed E-state index contributed by atoms with van der Waals surface area (Å²) in [5.41, 5.74) is 1.11. The van der Waals surface area contributed by atoms with Crippen LogP contribution in [-0.2, 0) is 0 Å². The Labute approximate surface area is 97.8 Å². The highest BCUT2D eigenvalue weighted by molar-refractivity contribution is 9.10. The van der Waals surface area contributed by atoms with Crippen molar-refractivity contribution in [1.82, 2.24) is 0 Å². The third-order valence-corrected chi connectivity index (χ3v) is 2.79. The zero-order valence-corrected chi connectivity index (χ0v) is 10.4. The molecule has 0 saturated carbocycles. The molecule has 0 aliphatic rings. The average Bonchev–Trinajstić information content (AvgIpc) is 2.21. The number of carboxylic acid groups (broad SMARTS) is 1. The molecule has 3 nitrogen and oxygen atoms in total. The number of aromatic carboxylic acids is 1. The number of anilines is 1. The normalized spacial score (nSPS) is 10.1. The molecule has 0 aromatic heterocycles. The van der Waals surface area contributed by atoms with Crippen molar-refractivity contribution in [2.75, 3.05) is 18.0 Å². The Morgan fingerprint density at radius 1 is 1.40 bits per heavy atom. The molecule has 0 atom stereocenters. The number of benzene rings is 1. The van der Waals surface area contributed by atoms with Crippen LogP contribution in [-0.4, -0.2) is 24.2 Å². The summed E-state index contributed by atoms with van der Waals surface area (Å²) in [6, 6.07) is 5.33. The van der Waals surface area contributed by atoms with Crippen molar-refractivity contribution in [3.63, 3.8) is 0 Å². The molecule has 0 fully saturated rings. The average molecular weight is 272 g/mol. The summed E-state index contributed by atoms with van der Waals surface area (Å²) in [5, 5.41) is 9.08. The van der Waals surface area contributed by atoms with Crippen LogP contribution in [0.15, 0.2) is 22.7 Å². The quantitative estimate of drug-likeness (QED) is 0.916. The fraction of sp³-hybridized carbons (Fsp3) is 0.364. The molecule has 15 heavy (non-hydrogen) atoms. The Kier molecular flexibility index (Phi) is 4.15. The van der Waals surface area contributed by atoms with Gasteiger partial charge >= 0.3 is 5.97 Å². The first-order valence-corrected chi connectivity index (χ1v) is 5.67. The molecule has 0 unspecified atom stereocenters. The number of hydrogen-bond donors (Lipinski definition) is 1.